The molecule has 43 heavy (non-hydrogen) atoms. The molecule has 0 aromatic heterocycles. The van der Waals surface area contributed by atoms with E-state index in [0.717, 1.165) is 11.6 Å². The molecule has 2 aromatic rings. The lowest BCUT2D eigenvalue weighted by atomic mass is 10.1. The molecule has 0 saturated carbocycles. The number of esters is 3. The number of aliphatic hydroxyl groups excluding tert-OH is 1. The van der Waals surface area contributed by atoms with Crippen molar-refractivity contribution in [3.8, 4) is 17.2 Å². The minimum atomic E-state index is -0.857. The van der Waals surface area contributed by atoms with Gasteiger partial charge < -0.3 is 33.5 Å². The van der Waals surface area contributed by atoms with Gasteiger partial charge in [-0.2, -0.15) is 0 Å². The van der Waals surface area contributed by atoms with E-state index in [9.17, 15) is 19.2 Å². The van der Waals surface area contributed by atoms with Crippen molar-refractivity contribution in [3.05, 3.63) is 84.5 Å². The van der Waals surface area contributed by atoms with Crippen LogP contribution in [0.2, 0.25) is 0 Å². The number of aliphatic hydroxyl groups is 1. The normalized spacial score (nSPS) is 10.5. The van der Waals surface area contributed by atoms with Gasteiger partial charge in [0.15, 0.2) is 0 Å². The van der Waals surface area contributed by atoms with Gasteiger partial charge in [-0.1, -0.05) is 32.2 Å². The van der Waals surface area contributed by atoms with E-state index in [1.54, 1.807) is 48.5 Å². The fraction of sp³-hybridized carbons (Fsp3) is 0.312. The molecular formula is C32H36O11. The molecule has 230 valence electrons. The maximum absolute atomic E-state index is 12.4. The van der Waals surface area contributed by atoms with Crippen molar-refractivity contribution in [2.75, 3.05) is 33.0 Å². The van der Waals surface area contributed by atoms with E-state index in [1.807, 2.05) is 6.92 Å². The minimum absolute atomic E-state index is 0.00748. The van der Waals surface area contributed by atoms with Gasteiger partial charge in [0, 0.05) is 18.6 Å². The summed E-state index contributed by atoms with van der Waals surface area (Å²) >= 11 is 0. The highest BCUT2D eigenvalue weighted by molar-refractivity contribution is 5.89. The summed E-state index contributed by atoms with van der Waals surface area (Å²) < 4.78 is 31.1. The van der Waals surface area contributed by atoms with Gasteiger partial charge in [0.05, 0.1) is 38.6 Å². The quantitative estimate of drug-likeness (QED) is 0.0635. The highest BCUT2D eigenvalue weighted by Crippen LogP contribution is 2.25. The van der Waals surface area contributed by atoms with E-state index in [0.29, 0.717) is 49.4 Å². The number of aryl methyl sites for hydroxylation is 1. The summed E-state index contributed by atoms with van der Waals surface area (Å²) in [5.41, 5.74) is 1.44. The molecule has 0 unspecified atom stereocenters. The molecule has 1 N–H and O–H groups in total. The van der Waals surface area contributed by atoms with E-state index in [2.05, 4.69) is 13.2 Å². The second kappa shape index (κ2) is 19.3. The SMILES string of the molecule is C=CC(=O)OCCCCOC(=O)Oc1ccc(/C=C/C(=O)Oc2ccc(OCCCOC(=O)C(=C)CO)cc2CC)cc1. The van der Waals surface area contributed by atoms with Crippen molar-refractivity contribution in [2.24, 2.45) is 0 Å². The number of unbranched alkanes of at least 4 members (excludes halogenated alkanes) is 1. The monoisotopic (exact) mass is 596 g/mol. The standard InChI is InChI=1S/C32H36O11/c1-4-25-21-27(38-19-8-20-40-31(36)23(3)22-33)14-15-28(25)43-30(35)16-11-24-9-12-26(13-10-24)42-32(37)41-18-7-6-17-39-29(34)5-2/h5,9-16,21,33H,2-4,6-8,17-20,22H2,1H3/b16-11+. The molecule has 0 radical (unpaired) electrons. The van der Waals surface area contributed by atoms with Crippen LogP contribution in [0.4, 0.5) is 4.79 Å². The maximum atomic E-state index is 12.4. The van der Waals surface area contributed by atoms with E-state index < -0.39 is 30.7 Å². The third kappa shape index (κ3) is 13.5. The molecule has 0 spiro atoms. The van der Waals surface area contributed by atoms with Crippen molar-refractivity contribution in [1.29, 1.82) is 0 Å². The Labute approximate surface area is 250 Å². The Kier molecular flexibility index (Phi) is 15.4. The van der Waals surface area contributed by atoms with E-state index in [1.165, 1.54) is 6.08 Å². The molecule has 0 fully saturated rings. The van der Waals surface area contributed by atoms with Gasteiger partial charge in [-0.15, -0.1) is 0 Å². The number of carbonyl (C=O) groups is 4. The molecule has 0 amide bonds. The van der Waals surface area contributed by atoms with Crippen LogP contribution in [0.5, 0.6) is 17.2 Å². The van der Waals surface area contributed by atoms with Crippen LogP contribution in [-0.4, -0.2) is 62.2 Å². The predicted molar refractivity (Wildman–Crippen MR) is 157 cm³/mol. The molecular weight excluding hydrogens is 560 g/mol. The van der Waals surface area contributed by atoms with Crippen LogP contribution in [0.25, 0.3) is 6.08 Å². The fourth-order valence-corrected chi connectivity index (χ4v) is 3.27. The number of rotatable bonds is 18. The number of ether oxygens (including phenoxy) is 6. The van der Waals surface area contributed by atoms with Crippen LogP contribution in [0.15, 0.2) is 73.3 Å². The number of carbonyl (C=O) groups excluding carboxylic acids is 4. The summed E-state index contributed by atoms with van der Waals surface area (Å²) in [5, 5.41) is 8.86. The third-order valence-corrected chi connectivity index (χ3v) is 5.56. The minimum Gasteiger partial charge on any atom is -0.493 e. The average Bonchev–Trinajstić information content (AvgIpc) is 3.01. The molecule has 11 heteroatoms. The third-order valence-electron chi connectivity index (χ3n) is 5.56. The number of hydrogen-bond acceptors (Lipinski definition) is 11. The smallest absolute Gasteiger partial charge is 0.493 e. The zero-order chi connectivity index (χ0) is 31.5. The van der Waals surface area contributed by atoms with Crippen LogP contribution in [0.3, 0.4) is 0 Å². The summed E-state index contributed by atoms with van der Waals surface area (Å²) in [7, 11) is 0. The zero-order valence-corrected chi connectivity index (χ0v) is 24.1. The molecule has 0 saturated heterocycles. The van der Waals surface area contributed by atoms with Crippen molar-refractivity contribution < 1.29 is 52.7 Å². The average molecular weight is 597 g/mol. The first-order valence-corrected chi connectivity index (χ1v) is 13.6. The van der Waals surface area contributed by atoms with Crippen molar-refractivity contribution in [1.82, 2.24) is 0 Å². The predicted octanol–water partition coefficient (Wildman–Crippen LogP) is 4.75. The topological polar surface area (TPSA) is 144 Å². The fourth-order valence-electron chi connectivity index (χ4n) is 3.27. The molecule has 2 rings (SSSR count). The first kappa shape index (κ1) is 34.3. The van der Waals surface area contributed by atoms with Crippen LogP contribution < -0.4 is 14.2 Å². The van der Waals surface area contributed by atoms with Gasteiger partial charge in [0.1, 0.15) is 17.2 Å². The van der Waals surface area contributed by atoms with E-state index in [4.69, 9.17) is 33.5 Å². The highest BCUT2D eigenvalue weighted by Gasteiger charge is 2.10. The summed E-state index contributed by atoms with van der Waals surface area (Å²) in [4.78, 5) is 46.6. The van der Waals surface area contributed by atoms with Crippen LogP contribution in [0, 0.1) is 0 Å². The Hall–Kier alpha value is -4.90. The first-order chi connectivity index (χ1) is 20.7. The lowest BCUT2D eigenvalue weighted by Gasteiger charge is -2.11. The van der Waals surface area contributed by atoms with Gasteiger partial charge in [-0.3, -0.25) is 0 Å². The lowest BCUT2D eigenvalue weighted by molar-refractivity contribution is -0.140. The molecule has 11 nitrogen and oxygen atoms in total. The molecule has 2 aromatic carbocycles. The van der Waals surface area contributed by atoms with Gasteiger partial charge in [0.2, 0.25) is 0 Å². The Balaban J connectivity index is 1.75. The molecule has 0 aliphatic heterocycles. The highest BCUT2D eigenvalue weighted by atomic mass is 16.7. The first-order valence-electron chi connectivity index (χ1n) is 13.6. The summed E-state index contributed by atoms with van der Waals surface area (Å²) in [6.07, 6.45) is 5.15. The van der Waals surface area contributed by atoms with Gasteiger partial charge >= 0.3 is 24.1 Å². The Morgan fingerprint density at radius 1 is 0.814 bits per heavy atom. The van der Waals surface area contributed by atoms with Gasteiger partial charge in [-0.25, -0.2) is 19.2 Å². The molecule has 0 aliphatic rings. The maximum Gasteiger partial charge on any atom is 0.513 e. The molecule has 0 bridgehead atoms. The van der Waals surface area contributed by atoms with Crippen LogP contribution >= 0.6 is 0 Å². The Morgan fingerprint density at radius 2 is 1.49 bits per heavy atom. The Morgan fingerprint density at radius 3 is 2.16 bits per heavy atom. The lowest BCUT2D eigenvalue weighted by Crippen LogP contribution is -2.12. The van der Waals surface area contributed by atoms with Crippen molar-refractivity contribution in [2.45, 2.75) is 32.6 Å². The molecule has 0 heterocycles. The molecule has 0 aliphatic carbocycles. The van der Waals surface area contributed by atoms with E-state index >= 15 is 0 Å². The van der Waals surface area contributed by atoms with Crippen LogP contribution in [-0.2, 0) is 35.0 Å². The number of hydrogen-bond donors (Lipinski definition) is 1. The second-order valence-electron chi connectivity index (χ2n) is 8.83. The molecule has 0 atom stereocenters. The number of benzene rings is 2. The Bertz CT molecular complexity index is 1280. The summed E-state index contributed by atoms with van der Waals surface area (Å²) in [5.74, 6) is -0.462. The zero-order valence-electron chi connectivity index (χ0n) is 24.1. The summed E-state index contributed by atoms with van der Waals surface area (Å²) in [6.45, 7) is 8.92. The second-order valence-corrected chi connectivity index (χ2v) is 8.83. The summed E-state index contributed by atoms with van der Waals surface area (Å²) in [6, 6.07) is 11.5. The van der Waals surface area contributed by atoms with Gasteiger partial charge in [0.25, 0.3) is 0 Å². The van der Waals surface area contributed by atoms with Crippen molar-refractivity contribution >= 4 is 30.1 Å². The van der Waals surface area contributed by atoms with Crippen molar-refractivity contribution in [3.63, 3.8) is 0 Å². The van der Waals surface area contributed by atoms with E-state index in [-0.39, 0.29) is 31.1 Å². The van der Waals surface area contributed by atoms with Gasteiger partial charge in [-0.05, 0) is 66.8 Å². The largest absolute Gasteiger partial charge is 0.513 e. The van der Waals surface area contributed by atoms with Crippen LogP contribution in [0.1, 0.15) is 37.3 Å².